The van der Waals surface area contributed by atoms with Gasteiger partial charge >= 0.3 is 0 Å². The minimum Gasteiger partial charge on any atom is -0.484 e. The molecular weight excluding hydrogens is 353 g/mol. The summed E-state index contributed by atoms with van der Waals surface area (Å²) in [4.78, 5) is 11.8. The first-order chi connectivity index (χ1) is 12.6. The van der Waals surface area contributed by atoms with Crippen molar-refractivity contribution in [1.82, 2.24) is 10.9 Å². The van der Waals surface area contributed by atoms with Crippen LogP contribution in [0, 0.1) is 5.82 Å². The number of para-hydroxylation sites is 1. The number of fused-ring (bicyclic) bond motifs is 1. The third kappa shape index (κ3) is 4.67. The van der Waals surface area contributed by atoms with E-state index in [1.165, 1.54) is 12.1 Å². The first kappa shape index (κ1) is 17.6. The Kier molecular flexibility index (Phi) is 5.60. The molecular formula is C19H16FN3O2S. The van der Waals surface area contributed by atoms with E-state index in [9.17, 15) is 9.18 Å². The van der Waals surface area contributed by atoms with Gasteiger partial charge in [0.15, 0.2) is 11.7 Å². The van der Waals surface area contributed by atoms with Gasteiger partial charge in [-0.1, -0.05) is 42.5 Å². The Labute approximate surface area is 155 Å². The number of amides is 1. The zero-order chi connectivity index (χ0) is 18.4. The number of rotatable bonds is 4. The standard InChI is InChI=1S/C19H16FN3O2S/c20-16-7-3-4-8-17(16)21-19(26)23-22-18(24)12-25-15-10-9-13-5-1-2-6-14(13)11-15/h1-11H,12H2,(H,22,24)(H2,21,23,26). The summed E-state index contributed by atoms with van der Waals surface area (Å²) in [7, 11) is 0. The molecule has 3 aromatic rings. The summed E-state index contributed by atoms with van der Waals surface area (Å²) < 4.78 is 19.0. The second-order valence-corrected chi connectivity index (χ2v) is 5.81. The molecule has 0 radical (unpaired) electrons. The Morgan fingerprint density at radius 2 is 1.69 bits per heavy atom. The zero-order valence-electron chi connectivity index (χ0n) is 13.7. The van der Waals surface area contributed by atoms with Gasteiger partial charge in [0.05, 0.1) is 5.69 Å². The summed E-state index contributed by atoms with van der Waals surface area (Å²) in [6.07, 6.45) is 0. The van der Waals surface area contributed by atoms with Gasteiger partial charge in [0, 0.05) is 0 Å². The first-order valence-corrected chi connectivity index (χ1v) is 8.24. The van der Waals surface area contributed by atoms with Gasteiger partial charge in [-0.25, -0.2) is 4.39 Å². The second kappa shape index (κ2) is 8.26. The van der Waals surface area contributed by atoms with Crippen molar-refractivity contribution >= 4 is 39.7 Å². The topological polar surface area (TPSA) is 62.4 Å². The predicted molar refractivity (Wildman–Crippen MR) is 103 cm³/mol. The number of nitrogens with one attached hydrogen (secondary N) is 3. The van der Waals surface area contributed by atoms with Gasteiger partial charge < -0.3 is 10.1 Å². The van der Waals surface area contributed by atoms with Gasteiger partial charge in [-0.05, 0) is 47.3 Å². The van der Waals surface area contributed by atoms with Crippen LogP contribution in [0.4, 0.5) is 10.1 Å². The number of ether oxygens (including phenoxy) is 1. The lowest BCUT2D eigenvalue weighted by Crippen LogP contribution is -2.45. The maximum atomic E-state index is 13.5. The number of thiocarbonyl (C=S) groups is 1. The van der Waals surface area contributed by atoms with Crippen LogP contribution in [0.3, 0.4) is 0 Å². The van der Waals surface area contributed by atoms with Crippen molar-refractivity contribution in [1.29, 1.82) is 0 Å². The molecule has 0 bridgehead atoms. The van der Waals surface area contributed by atoms with E-state index in [-0.39, 0.29) is 17.4 Å². The summed E-state index contributed by atoms with van der Waals surface area (Å²) >= 11 is 5.00. The fourth-order valence-corrected chi connectivity index (χ4v) is 2.45. The molecule has 0 aliphatic carbocycles. The van der Waals surface area contributed by atoms with Crippen molar-refractivity contribution in [3.05, 3.63) is 72.5 Å². The van der Waals surface area contributed by atoms with Crippen molar-refractivity contribution in [3.8, 4) is 5.75 Å². The lowest BCUT2D eigenvalue weighted by Gasteiger charge is -2.12. The lowest BCUT2D eigenvalue weighted by atomic mass is 10.1. The van der Waals surface area contributed by atoms with E-state index in [0.717, 1.165) is 10.8 Å². The van der Waals surface area contributed by atoms with E-state index in [0.29, 0.717) is 5.75 Å². The molecule has 0 saturated heterocycles. The smallest absolute Gasteiger partial charge is 0.276 e. The van der Waals surface area contributed by atoms with Crippen LogP contribution in [0.1, 0.15) is 0 Å². The van der Waals surface area contributed by atoms with Crippen LogP contribution in [0.15, 0.2) is 66.7 Å². The molecule has 7 heteroatoms. The van der Waals surface area contributed by atoms with Crippen LogP contribution in [0.2, 0.25) is 0 Å². The molecule has 132 valence electrons. The second-order valence-electron chi connectivity index (χ2n) is 5.40. The van der Waals surface area contributed by atoms with Gasteiger partial charge in [0.2, 0.25) is 0 Å². The van der Waals surface area contributed by atoms with Gasteiger partial charge in [-0.15, -0.1) is 0 Å². The van der Waals surface area contributed by atoms with Crippen molar-refractivity contribution in [2.24, 2.45) is 0 Å². The third-order valence-electron chi connectivity index (χ3n) is 3.53. The van der Waals surface area contributed by atoms with E-state index in [1.54, 1.807) is 18.2 Å². The van der Waals surface area contributed by atoms with Gasteiger partial charge in [-0.2, -0.15) is 0 Å². The van der Waals surface area contributed by atoms with E-state index in [4.69, 9.17) is 17.0 Å². The Balaban J connectivity index is 1.46. The van der Waals surface area contributed by atoms with Crippen LogP contribution in [0.5, 0.6) is 5.75 Å². The number of hydrogen-bond donors (Lipinski definition) is 3. The summed E-state index contributed by atoms with van der Waals surface area (Å²) in [5.41, 5.74) is 5.10. The highest BCUT2D eigenvalue weighted by molar-refractivity contribution is 7.80. The molecule has 3 aromatic carbocycles. The van der Waals surface area contributed by atoms with E-state index in [2.05, 4.69) is 16.2 Å². The molecule has 0 atom stereocenters. The lowest BCUT2D eigenvalue weighted by molar-refractivity contribution is -0.123. The highest BCUT2D eigenvalue weighted by atomic mass is 32.1. The van der Waals surface area contributed by atoms with Crippen LogP contribution in [-0.4, -0.2) is 17.6 Å². The van der Waals surface area contributed by atoms with E-state index < -0.39 is 11.7 Å². The molecule has 3 N–H and O–H groups in total. The van der Waals surface area contributed by atoms with Crippen LogP contribution in [-0.2, 0) is 4.79 Å². The number of carbonyl (C=O) groups excluding carboxylic acids is 1. The first-order valence-electron chi connectivity index (χ1n) is 7.84. The molecule has 0 unspecified atom stereocenters. The van der Waals surface area contributed by atoms with Crippen LogP contribution in [0.25, 0.3) is 10.8 Å². The summed E-state index contributed by atoms with van der Waals surface area (Å²) in [5.74, 6) is -0.274. The minimum absolute atomic E-state index is 0.0640. The number of benzene rings is 3. The van der Waals surface area contributed by atoms with Gasteiger partial charge in [0.1, 0.15) is 11.6 Å². The van der Waals surface area contributed by atoms with Crippen molar-refractivity contribution < 1.29 is 13.9 Å². The SMILES string of the molecule is O=C(COc1ccc2ccccc2c1)NNC(=S)Nc1ccccc1F. The molecule has 0 aromatic heterocycles. The normalized spacial score (nSPS) is 10.2. The number of anilines is 1. The van der Waals surface area contributed by atoms with Gasteiger partial charge in [-0.3, -0.25) is 15.6 Å². The van der Waals surface area contributed by atoms with Crippen LogP contribution < -0.4 is 20.9 Å². The van der Waals surface area contributed by atoms with E-state index in [1.807, 2.05) is 36.4 Å². The Bertz CT molecular complexity index is 949. The molecule has 0 aliphatic heterocycles. The summed E-state index contributed by atoms with van der Waals surface area (Å²) in [6.45, 7) is -0.187. The monoisotopic (exact) mass is 369 g/mol. The molecule has 0 fully saturated rings. The van der Waals surface area contributed by atoms with Crippen LogP contribution >= 0.6 is 12.2 Å². The molecule has 1 amide bonds. The number of halogens is 1. The summed E-state index contributed by atoms with van der Waals surface area (Å²) in [5, 5.41) is 4.83. The molecule has 26 heavy (non-hydrogen) atoms. The average molecular weight is 369 g/mol. The fraction of sp³-hybridized carbons (Fsp3) is 0.0526. The number of hydrogen-bond acceptors (Lipinski definition) is 3. The highest BCUT2D eigenvalue weighted by Crippen LogP contribution is 2.20. The zero-order valence-corrected chi connectivity index (χ0v) is 14.5. The molecule has 5 nitrogen and oxygen atoms in total. The minimum atomic E-state index is -0.442. The third-order valence-corrected chi connectivity index (χ3v) is 3.73. The molecule has 3 rings (SSSR count). The molecule has 0 saturated carbocycles. The Morgan fingerprint density at radius 1 is 0.962 bits per heavy atom. The van der Waals surface area contributed by atoms with Crippen molar-refractivity contribution in [2.75, 3.05) is 11.9 Å². The highest BCUT2D eigenvalue weighted by Gasteiger charge is 2.06. The summed E-state index contributed by atoms with van der Waals surface area (Å²) in [6, 6.07) is 19.5. The fourth-order valence-electron chi connectivity index (χ4n) is 2.28. The Morgan fingerprint density at radius 3 is 2.50 bits per heavy atom. The largest absolute Gasteiger partial charge is 0.484 e. The molecule has 0 spiro atoms. The van der Waals surface area contributed by atoms with Gasteiger partial charge in [0.25, 0.3) is 5.91 Å². The molecule has 0 heterocycles. The predicted octanol–water partition coefficient (Wildman–Crippen LogP) is 3.38. The quantitative estimate of drug-likeness (QED) is 0.486. The molecule has 0 aliphatic rings. The Hall–Kier alpha value is -3.19. The van der Waals surface area contributed by atoms with Crippen molar-refractivity contribution in [3.63, 3.8) is 0 Å². The van der Waals surface area contributed by atoms with E-state index >= 15 is 0 Å². The maximum Gasteiger partial charge on any atom is 0.276 e. The average Bonchev–Trinajstić information content (AvgIpc) is 2.66. The van der Waals surface area contributed by atoms with Crippen molar-refractivity contribution in [2.45, 2.75) is 0 Å². The maximum absolute atomic E-state index is 13.5. The number of hydrazine groups is 1. The number of carbonyl (C=O) groups is 1.